The highest BCUT2D eigenvalue weighted by Gasteiger charge is 2.26. The number of hydrogen-bond acceptors (Lipinski definition) is 5. The molecule has 4 rings (SSSR count). The van der Waals surface area contributed by atoms with E-state index in [9.17, 15) is 4.79 Å². The average Bonchev–Trinajstić information content (AvgIpc) is 2.78. The predicted molar refractivity (Wildman–Crippen MR) is 123 cm³/mol. The van der Waals surface area contributed by atoms with Gasteiger partial charge in [-0.3, -0.25) is 0 Å². The van der Waals surface area contributed by atoms with Gasteiger partial charge in [0.05, 0.1) is 10.0 Å². The Morgan fingerprint density at radius 1 is 1.03 bits per heavy atom. The number of rotatable bonds is 6. The van der Waals surface area contributed by atoms with Crippen molar-refractivity contribution in [2.75, 3.05) is 37.6 Å². The molecule has 0 aliphatic carbocycles. The van der Waals surface area contributed by atoms with Crippen molar-refractivity contribution >= 4 is 35.0 Å². The zero-order chi connectivity index (χ0) is 21.8. The molecule has 2 saturated heterocycles. The van der Waals surface area contributed by atoms with Crippen LogP contribution in [0.15, 0.2) is 36.4 Å². The molecule has 0 unspecified atom stereocenters. The Morgan fingerprint density at radius 3 is 2.45 bits per heavy atom. The van der Waals surface area contributed by atoms with E-state index in [0.29, 0.717) is 16.0 Å². The largest absolute Gasteiger partial charge is 0.490 e. The van der Waals surface area contributed by atoms with Crippen molar-refractivity contribution in [1.82, 2.24) is 9.88 Å². The molecule has 0 radical (unpaired) electrons. The Hall–Kier alpha value is -2.02. The lowest BCUT2D eigenvalue weighted by Crippen LogP contribution is -2.43. The van der Waals surface area contributed by atoms with Gasteiger partial charge >= 0.3 is 5.97 Å². The highest BCUT2D eigenvalue weighted by Crippen LogP contribution is 2.29. The summed E-state index contributed by atoms with van der Waals surface area (Å²) in [5, 5.41) is 10.2. The normalized spacial score (nSPS) is 18.8. The van der Waals surface area contributed by atoms with Crippen LogP contribution in [-0.4, -0.2) is 59.8 Å². The Kier molecular flexibility index (Phi) is 7.20. The first kappa shape index (κ1) is 22.2. The summed E-state index contributed by atoms with van der Waals surface area (Å²) in [6.45, 7) is 5.01. The van der Waals surface area contributed by atoms with Crippen molar-refractivity contribution in [2.24, 2.45) is 5.92 Å². The minimum Gasteiger partial charge on any atom is -0.490 e. The van der Waals surface area contributed by atoms with E-state index in [-0.39, 0.29) is 11.8 Å². The third kappa shape index (κ3) is 5.82. The fourth-order valence-corrected chi connectivity index (χ4v) is 4.67. The Morgan fingerprint density at radius 2 is 1.77 bits per heavy atom. The van der Waals surface area contributed by atoms with E-state index < -0.39 is 5.97 Å². The average molecular weight is 464 g/mol. The first-order valence-corrected chi connectivity index (χ1v) is 11.5. The molecule has 166 valence electrons. The SMILES string of the molecule is O=C(O)c1cccc(N2CCC(CN3CCC(Oc4ccc(Cl)c(Cl)c4)CC3)CC2)n1. The van der Waals surface area contributed by atoms with Gasteiger partial charge in [0.15, 0.2) is 5.69 Å². The van der Waals surface area contributed by atoms with Crippen LogP contribution < -0.4 is 9.64 Å². The number of anilines is 1. The maximum absolute atomic E-state index is 11.2. The second-order valence-electron chi connectivity index (χ2n) is 8.31. The number of aromatic carboxylic acids is 1. The molecule has 8 heteroatoms. The number of aromatic nitrogens is 1. The molecule has 1 aromatic carbocycles. The second-order valence-corrected chi connectivity index (χ2v) is 9.12. The number of ether oxygens (including phenoxy) is 1. The Balaban J connectivity index is 1.21. The fourth-order valence-electron chi connectivity index (χ4n) is 4.38. The molecule has 0 saturated carbocycles. The van der Waals surface area contributed by atoms with Crippen LogP contribution in [0.4, 0.5) is 5.82 Å². The van der Waals surface area contributed by atoms with Crippen LogP contribution in [0.25, 0.3) is 0 Å². The third-order valence-electron chi connectivity index (χ3n) is 6.14. The molecule has 0 amide bonds. The topological polar surface area (TPSA) is 65.9 Å². The summed E-state index contributed by atoms with van der Waals surface area (Å²) in [4.78, 5) is 20.2. The minimum absolute atomic E-state index is 0.102. The molecule has 1 N–H and O–H groups in total. The summed E-state index contributed by atoms with van der Waals surface area (Å²) < 4.78 is 6.09. The van der Waals surface area contributed by atoms with Crippen molar-refractivity contribution in [3.63, 3.8) is 0 Å². The molecule has 2 fully saturated rings. The van der Waals surface area contributed by atoms with Crippen molar-refractivity contribution in [2.45, 2.75) is 31.8 Å². The first-order chi connectivity index (χ1) is 15.0. The van der Waals surface area contributed by atoms with Crippen LogP contribution >= 0.6 is 23.2 Å². The summed E-state index contributed by atoms with van der Waals surface area (Å²) in [5.74, 6) is 1.22. The van der Waals surface area contributed by atoms with E-state index in [2.05, 4.69) is 14.8 Å². The van der Waals surface area contributed by atoms with Gasteiger partial charge in [-0.25, -0.2) is 9.78 Å². The van der Waals surface area contributed by atoms with E-state index in [0.717, 1.165) is 70.0 Å². The van der Waals surface area contributed by atoms with Crippen molar-refractivity contribution in [3.8, 4) is 5.75 Å². The molecule has 0 bridgehead atoms. The van der Waals surface area contributed by atoms with E-state index in [1.165, 1.54) is 6.07 Å². The van der Waals surface area contributed by atoms with Gasteiger partial charge in [0.25, 0.3) is 0 Å². The number of piperidine rings is 2. The molecular weight excluding hydrogens is 437 g/mol. The van der Waals surface area contributed by atoms with Gasteiger partial charge in [-0.1, -0.05) is 29.3 Å². The van der Waals surface area contributed by atoms with Crippen molar-refractivity contribution in [3.05, 3.63) is 52.1 Å². The molecular formula is C23H27Cl2N3O3. The van der Waals surface area contributed by atoms with Crippen molar-refractivity contribution in [1.29, 1.82) is 0 Å². The van der Waals surface area contributed by atoms with Gasteiger partial charge in [-0.05, 0) is 55.9 Å². The Bertz CT molecular complexity index is 911. The number of halogens is 2. The molecule has 2 aromatic rings. The number of carboxylic acid groups (broad SMARTS) is 1. The lowest BCUT2D eigenvalue weighted by atomic mass is 9.95. The highest BCUT2D eigenvalue weighted by atomic mass is 35.5. The summed E-state index contributed by atoms with van der Waals surface area (Å²) in [7, 11) is 0. The standard InChI is InChI=1S/C23H27Cl2N3O3/c24-19-5-4-18(14-20(19)25)31-17-8-10-27(11-9-17)15-16-6-12-28(13-7-16)22-3-1-2-21(26-22)23(29)30/h1-5,14,16-17H,6-13,15H2,(H,29,30). The quantitative estimate of drug-likeness (QED) is 0.660. The number of carbonyl (C=O) groups is 1. The number of nitrogens with zero attached hydrogens (tertiary/aromatic N) is 3. The van der Waals surface area contributed by atoms with Gasteiger partial charge in [0.2, 0.25) is 0 Å². The molecule has 0 spiro atoms. The molecule has 2 aliphatic rings. The number of carboxylic acids is 1. The first-order valence-electron chi connectivity index (χ1n) is 10.8. The van der Waals surface area contributed by atoms with Crippen LogP contribution in [0.1, 0.15) is 36.2 Å². The van der Waals surface area contributed by atoms with E-state index in [1.54, 1.807) is 18.2 Å². The van der Waals surface area contributed by atoms with E-state index in [1.807, 2.05) is 12.1 Å². The summed E-state index contributed by atoms with van der Waals surface area (Å²) >= 11 is 12.1. The molecule has 2 aliphatic heterocycles. The number of likely N-dealkylation sites (tertiary alicyclic amines) is 1. The molecule has 3 heterocycles. The second kappa shape index (κ2) is 10.1. The highest BCUT2D eigenvalue weighted by molar-refractivity contribution is 6.42. The third-order valence-corrected chi connectivity index (χ3v) is 6.88. The maximum Gasteiger partial charge on any atom is 0.354 e. The molecule has 1 aromatic heterocycles. The smallest absolute Gasteiger partial charge is 0.354 e. The van der Waals surface area contributed by atoms with Crippen molar-refractivity contribution < 1.29 is 14.6 Å². The lowest BCUT2D eigenvalue weighted by molar-refractivity contribution is 0.0690. The summed E-state index contributed by atoms with van der Waals surface area (Å²) in [6.07, 6.45) is 4.41. The van der Waals surface area contributed by atoms with Crippen LogP contribution in [0.5, 0.6) is 5.75 Å². The van der Waals surface area contributed by atoms with Gasteiger partial charge in [0, 0.05) is 38.8 Å². The van der Waals surface area contributed by atoms with Gasteiger partial charge in [-0.2, -0.15) is 0 Å². The fraction of sp³-hybridized carbons (Fsp3) is 0.478. The number of hydrogen-bond donors (Lipinski definition) is 1. The zero-order valence-corrected chi connectivity index (χ0v) is 18.9. The Labute approximate surface area is 192 Å². The summed E-state index contributed by atoms with van der Waals surface area (Å²) in [5.41, 5.74) is 0.102. The van der Waals surface area contributed by atoms with Gasteiger partial charge < -0.3 is 19.6 Å². The minimum atomic E-state index is -0.983. The molecule has 0 atom stereocenters. The summed E-state index contributed by atoms with van der Waals surface area (Å²) in [6, 6.07) is 10.6. The molecule has 31 heavy (non-hydrogen) atoms. The number of pyridine rings is 1. The predicted octanol–water partition coefficient (Wildman–Crippen LogP) is 4.85. The molecule has 6 nitrogen and oxygen atoms in total. The van der Waals surface area contributed by atoms with E-state index >= 15 is 0 Å². The lowest BCUT2D eigenvalue weighted by Gasteiger charge is -2.38. The van der Waals surface area contributed by atoms with Crippen LogP contribution in [0.3, 0.4) is 0 Å². The number of benzene rings is 1. The van der Waals surface area contributed by atoms with Crippen LogP contribution in [0.2, 0.25) is 10.0 Å². The van der Waals surface area contributed by atoms with Gasteiger partial charge in [-0.15, -0.1) is 0 Å². The van der Waals surface area contributed by atoms with Gasteiger partial charge in [0.1, 0.15) is 17.7 Å². The maximum atomic E-state index is 11.2. The van der Waals surface area contributed by atoms with Crippen LogP contribution in [0, 0.1) is 5.92 Å². The van der Waals surface area contributed by atoms with Crippen LogP contribution in [-0.2, 0) is 0 Å². The zero-order valence-electron chi connectivity index (χ0n) is 17.3. The van der Waals surface area contributed by atoms with E-state index in [4.69, 9.17) is 33.0 Å². The monoisotopic (exact) mass is 463 g/mol.